The molecule has 19 heavy (non-hydrogen) atoms. The Bertz CT molecular complexity index is 532. The molecule has 0 aliphatic heterocycles. The molecule has 5 nitrogen and oxygen atoms in total. The Morgan fingerprint density at radius 3 is 2.68 bits per heavy atom. The predicted molar refractivity (Wildman–Crippen MR) is 69.7 cm³/mol. The van der Waals surface area contributed by atoms with Crippen LogP contribution in [0.15, 0.2) is 15.5 Å². The van der Waals surface area contributed by atoms with Crippen LogP contribution in [-0.2, 0) is 17.3 Å². The number of aromatic nitrogens is 2. The molecule has 10 heteroatoms. The summed E-state index contributed by atoms with van der Waals surface area (Å²) in [5, 5.41) is 6.22. The van der Waals surface area contributed by atoms with Crippen molar-refractivity contribution >= 4 is 32.4 Å². The van der Waals surface area contributed by atoms with Gasteiger partial charge in [0.15, 0.2) is 0 Å². The van der Waals surface area contributed by atoms with E-state index in [1.54, 1.807) is 0 Å². The average molecular weight is 362 g/mol. The second-order valence-corrected chi connectivity index (χ2v) is 6.00. The van der Waals surface area contributed by atoms with E-state index in [4.69, 9.17) is 0 Å². The normalized spacial score (nSPS) is 13.3. The number of halogens is 4. The fourth-order valence-electron chi connectivity index (χ4n) is 1.20. The third-order valence-electron chi connectivity index (χ3n) is 2.02. The van der Waals surface area contributed by atoms with Crippen LogP contribution in [0.5, 0.6) is 0 Å². The molecule has 0 aromatic carbocycles. The van der Waals surface area contributed by atoms with Gasteiger partial charge >= 0.3 is 6.18 Å². The van der Waals surface area contributed by atoms with Crippen molar-refractivity contribution < 1.29 is 17.4 Å². The lowest BCUT2D eigenvalue weighted by molar-refractivity contribution is -0.143. The summed E-state index contributed by atoms with van der Waals surface area (Å²) in [4.78, 5) is 11.6. The molecule has 0 saturated carbocycles. The molecular weight excluding hydrogens is 351 g/mol. The Kier molecular flexibility index (Phi) is 5.53. The Morgan fingerprint density at radius 1 is 1.53 bits per heavy atom. The molecule has 1 N–H and O–H groups in total. The molecule has 0 spiro atoms. The molecule has 1 unspecified atom stereocenters. The molecule has 0 saturated heterocycles. The van der Waals surface area contributed by atoms with Crippen LogP contribution in [-0.4, -0.2) is 38.7 Å². The molecule has 1 atom stereocenters. The zero-order chi connectivity index (χ0) is 14.6. The van der Waals surface area contributed by atoms with Gasteiger partial charge in [-0.3, -0.25) is 9.00 Å². The van der Waals surface area contributed by atoms with E-state index in [9.17, 15) is 22.2 Å². The molecule has 1 heterocycles. The van der Waals surface area contributed by atoms with E-state index in [0.717, 1.165) is 6.20 Å². The molecule has 1 aromatic heterocycles. The summed E-state index contributed by atoms with van der Waals surface area (Å²) in [7, 11) is -0.999. The molecule has 108 valence electrons. The molecule has 0 radical (unpaired) electrons. The standard InChI is InChI=1S/C9H11BrF3N3O2S/c1-19(18)3-2-14-6-4-15-16(5-9(11,12)13)8(17)7(6)10/h4,14H,2-3,5H2,1H3. The van der Waals surface area contributed by atoms with Crippen LogP contribution in [0.25, 0.3) is 0 Å². The highest BCUT2D eigenvalue weighted by molar-refractivity contribution is 9.10. The summed E-state index contributed by atoms with van der Waals surface area (Å²) in [5.74, 6) is 0.359. The smallest absolute Gasteiger partial charge is 0.382 e. The maximum Gasteiger partial charge on any atom is 0.408 e. The van der Waals surface area contributed by atoms with Crippen LogP contribution >= 0.6 is 15.9 Å². The highest BCUT2D eigenvalue weighted by Crippen LogP contribution is 2.19. The van der Waals surface area contributed by atoms with Gasteiger partial charge in [-0.05, 0) is 15.9 Å². The first-order valence-corrected chi connectivity index (χ1v) is 7.59. The summed E-state index contributed by atoms with van der Waals surface area (Å²) in [6, 6.07) is 0. The van der Waals surface area contributed by atoms with Gasteiger partial charge in [0.25, 0.3) is 5.56 Å². The van der Waals surface area contributed by atoms with Crippen molar-refractivity contribution in [1.29, 1.82) is 0 Å². The van der Waals surface area contributed by atoms with Crippen LogP contribution in [0.4, 0.5) is 18.9 Å². The molecule has 1 rings (SSSR count). The summed E-state index contributed by atoms with van der Waals surface area (Å²) in [5.41, 5.74) is -0.603. The Hall–Kier alpha value is -0.900. The molecule has 0 bridgehead atoms. The van der Waals surface area contributed by atoms with Gasteiger partial charge in [0.1, 0.15) is 11.0 Å². The van der Waals surface area contributed by atoms with Gasteiger partial charge in [0.05, 0.1) is 11.9 Å². The second-order valence-electron chi connectivity index (χ2n) is 3.65. The van der Waals surface area contributed by atoms with Crippen molar-refractivity contribution in [2.45, 2.75) is 12.7 Å². The number of anilines is 1. The Balaban J connectivity index is 2.86. The number of hydrogen-bond donors (Lipinski definition) is 1. The van der Waals surface area contributed by atoms with Crippen LogP contribution in [0.1, 0.15) is 0 Å². The molecule has 0 amide bonds. The third kappa shape index (κ3) is 5.31. The highest BCUT2D eigenvalue weighted by Gasteiger charge is 2.29. The summed E-state index contributed by atoms with van der Waals surface area (Å²) < 4.78 is 47.7. The minimum atomic E-state index is -4.51. The van der Waals surface area contributed by atoms with Crippen molar-refractivity contribution in [3.63, 3.8) is 0 Å². The van der Waals surface area contributed by atoms with Gasteiger partial charge in [-0.15, -0.1) is 0 Å². The fraction of sp³-hybridized carbons (Fsp3) is 0.556. The Labute approximate surface area is 117 Å². The van der Waals surface area contributed by atoms with E-state index in [1.165, 1.54) is 6.26 Å². The maximum atomic E-state index is 12.2. The van der Waals surface area contributed by atoms with E-state index >= 15 is 0 Å². The SMILES string of the molecule is CS(=O)CCNc1cnn(CC(F)(F)F)c(=O)c1Br. The number of rotatable bonds is 5. The number of nitrogens with zero attached hydrogens (tertiary/aromatic N) is 2. The first-order chi connectivity index (χ1) is 8.70. The van der Waals surface area contributed by atoms with Gasteiger partial charge in [0, 0.05) is 29.4 Å². The summed E-state index contributed by atoms with van der Waals surface area (Å²) in [6.07, 6.45) is -1.86. The third-order valence-corrected chi connectivity index (χ3v) is 3.56. The zero-order valence-corrected chi connectivity index (χ0v) is 12.2. The fourth-order valence-corrected chi connectivity index (χ4v) is 2.04. The van der Waals surface area contributed by atoms with Gasteiger partial charge in [-0.25, -0.2) is 4.68 Å². The van der Waals surface area contributed by atoms with Crippen LogP contribution < -0.4 is 10.9 Å². The lowest BCUT2D eigenvalue weighted by Gasteiger charge is -2.11. The summed E-state index contributed by atoms with van der Waals surface area (Å²) >= 11 is 2.93. The van der Waals surface area contributed by atoms with Gasteiger partial charge in [-0.2, -0.15) is 18.3 Å². The van der Waals surface area contributed by atoms with E-state index in [-0.39, 0.29) is 10.2 Å². The minimum absolute atomic E-state index is 0.0337. The first kappa shape index (κ1) is 16.2. The number of alkyl halides is 3. The van der Waals surface area contributed by atoms with Crippen molar-refractivity contribution in [2.75, 3.05) is 23.9 Å². The van der Waals surface area contributed by atoms with E-state index < -0.39 is 29.1 Å². The number of nitrogens with one attached hydrogen (secondary N) is 1. The quantitative estimate of drug-likeness (QED) is 0.859. The topological polar surface area (TPSA) is 64.0 Å². The van der Waals surface area contributed by atoms with Gasteiger partial charge < -0.3 is 5.32 Å². The highest BCUT2D eigenvalue weighted by atomic mass is 79.9. The maximum absolute atomic E-state index is 12.2. The van der Waals surface area contributed by atoms with Gasteiger partial charge in [0.2, 0.25) is 0 Å². The lowest BCUT2D eigenvalue weighted by Crippen LogP contribution is -2.31. The van der Waals surface area contributed by atoms with E-state index in [1.807, 2.05) is 0 Å². The van der Waals surface area contributed by atoms with Crippen LogP contribution in [0.3, 0.4) is 0 Å². The summed E-state index contributed by atoms with van der Waals surface area (Å²) in [6.45, 7) is -1.12. The monoisotopic (exact) mass is 361 g/mol. The van der Waals surface area contributed by atoms with E-state index in [0.29, 0.717) is 17.0 Å². The first-order valence-electron chi connectivity index (χ1n) is 5.07. The van der Waals surface area contributed by atoms with Gasteiger partial charge in [-0.1, -0.05) is 0 Å². The van der Waals surface area contributed by atoms with Crippen molar-refractivity contribution in [3.05, 3.63) is 21.0 Å². The molecule has 0 aliphatic rings. The molecule has 1 aromatic rings. The molecular formula is C9H11BrF3N3O2S. The average Bonchev–Trinajstić information content (AvgIpc) is 2.26. The van der Waals surface area contributed by atoms with Crippen molar-refractivity contribution in [3.8, 4) is 0 Å². The minimum Gasteiger partial charge on any atom is -0.382 e. The predicted octanol–water partition coefficient (Wildman–Crippen LogP) is 1.36. The Morgan fingerprint density at radius 2 is 2.16 bits per heavy atom. The van der Waals surface area contributed by atoms with Crippen LogP contribution in [0.2, 0.25) is 0 Å². The van der Waals surface area contributed by atoms with Crippen molar-refractivity contribution in [1.82, 2.24) is 9.78 Å². The molecule has 0 fully saturated rings. The number of hydrogen-bond acceptors (Lipinski definition) is 4. The molecule has 0 aliphatic carbocycles. The zero-order valence-electron chi connectivity index (χ0n) is 9.83. The van der Waals surface area contributed by atoms with E-state index in [2.05, 4.69) is 26.3 Å². The largest absolute Gasteiger partial charge is 0.408 e. The second kappa shape index (κ2) is 6.51. The lowest BCUT2D eigenvalue weighted by atomic mass is 10.4. The van der Waals surface area contributed by atoms with Crippen LogP contribution in [0, 0.1) is 0 Å². The van der Waals surface area contributed by atoms with Crippen molar-refractivity contribution in [2.24, 2.45) is 0 Å².